The number of para-hydroxylation sites is 3. The summed E-state index contributed by atoms with van der Waals surface area (Å²) in [6, 6.07) is 59.2. The third-order valence-electron chi connectivity index (χ3n) is 9.29. The van der Waals surface area contributed by atoms with Gasteiger partial charge in [0.05, 0.1) is 17.1 Å². The number of aromatic nitrogens is 1. The normalized spacial score (nSPS) is 16.1. The lowest BCUT2D eigenvalue weighted by atomic mass is 9.91. The molecule has 1 aliphatic heterocycles. The van der Waals surface area contributed by atoms with Crippen LogP contribution >= 0.6 is 0 Å². The van der Waals surface area contributed by atoms with Crippen molar-refractivity contribution < 1.29 is 0 Å². The van der Waals surface area contributed by atoms with Crippen molar-refractivity contribution in [2.45, 2.75) is 12.2 Å². The maximum atomic E-state index is 3.96. The molecular formula is C42H31N3. The Morgan fingerprint density at radius 1 is 0.489 bits per heavy atom. The van der Waals surface area contributed by atoms with Gasteiger partial charge in [-0.1, -0.05) is 127 Å². The van der Waals surface area contributed by atoms with Crippen LogP contribution in [0.5, 0.6) is 0 Å². The molecule has 1 aromatic heterocycles. The molecular weight excluding hydrogens is 546 g/mol. The second kappa shape index (κ2) is 10.5. The van der Waals surface area contributed by atoms with Crippen molar-refractivity contribution >= 4 is 38.3 Å². The summed E-state index contributed by atoms with van der Waals surface area (Å²) in [6.45, 7) is 0. The van der Waals surface area contributed by atoms with Gasteiger partial charge in [0.2, 0.25) is 0 Å². The van der Waals surface area contributed by atoms with Crippen LogP contribution in [0, 0.1) is 0 Å². The minimum atomic E-state index is -0.0501. The van der Waals surface area contributed by atoms with E-state index in [4.69, 9.17) is 0 Å². The van der Waals surface area contributed by atoms with E-state index in [0.717, 1.165) is 5.69 Å². The molecule has 7 aromatic carbocycles. The van der Waals surface area contributed by atoms with Crippen molar-refractivity contribution in [1.82, 2.24) is 9.88 Å². The number of anilines is 1. The molecule has 0 spiro atoms. The van der Waals surface area contributed by atoms with Gasteiger partial charge in [0.1, 0.15) is 6.17 Å². The second-order valence-corrected chi connectivity index (χ2v) is 11.9. The molecule has 2 unspecified atom stereocenters. The van der Waals surface area contributed by atoms with Gasteiger partial charge >= 0.3 is 0 Å². The Bertz CT molecular complexity index is 2330. The Morgan fingerprint density at radius 3 is 2.07 bits per heavy atom. The third-order valence-corrected chi connectivity index (χ3v) is 9.29. The van der Waals surface area contributed by atoms with Crippen molar-refractivity contribution in [3.8, 4) is 16.8 Å². The van der Waals surface area contributed by atoms with E-state index in [0.29, 0.717) is 0 Å². The zero-order valence-electron chi connectivity index (χ0n) is 24.7. The maximum absolute atomic E-state index is 3.96. The summed E-state index contributed by atoms with van der Waals surface area (Å²) in [5.41, 5.74) is 11.0. The van der Waals surface area contributed by atoms with Crippen LogP contribution in [0.1, 0.15) is 28.9 Å². The number of fused-ring (bicyclic) bond motifs is 5. The Balaban J connectivity index is 1.11. The SMILES string of the molecule is c1ccc(-n2c3ccccc3c3cc(C4Nc5ccccc5C(c5ccc(-c6cccc7ccccc67)cc5)N4)ccc32)cc1. The fourth-order valence-electron chi connectivity index (χ4n) is 7.15. The van der Waals surface area contributed by atoms with Crippen molar-refractivity contribution in [2.75, 3.05) is 5.32 Å². The minimum absolute atomic E-state index is 0.0501. The van der Waals surface area contributed by atoms with E-state index in [9.17, 15) is 0 Å². The molecule has 2 N–H and O–H groups in total. The highest BCUT2D eigenvalue weighted by Gasteiger charge is 2.28. The highest BCUT2D eigenvalue weighted by molar-refractivity contribution is 6.09. The first kappa shape index (κ1) is 25.8. The Kier molecular flexibility index (Phi) is 6.03. The lowest BCUT2D eigenvalue weighted by Gasteiger charge is -2.35. The first-order chi connectivity index (χ1) is 22.3. The lowest BCUT2D eigenvalue weighted by Crippen LogP contribution is -2.37. The van der Waals surface area contributed by atoms with E-state index in [1.165, 1.54) is 66.1 Å². The number of benzene rings is 7. The average molecular weight is 578 g/mol. The molecule has 0 radical (unpaired) electrons. The fraction of sp³-hybridized carbons (Fsp3) is 0.0476. The van der Waals surface area contributed by atoms with Gasteiger partial charge in [-0.2, -0.15) is 0 Å². The Hall–Kier alpha value is -5.64. The van der Waals surface area contributed by atoms with E-state index in [1.807, 2.05) is 0 Å². The van der Waals surface area contributed by atoms with Crippen molar-refractivity contribution in [3.05, 3.63) is 180 Å². The Morgan fingerprint density at radius 2 is 1.18 bits per heavy atom. The van der Waals surface area contributed by atoms with Crippen LogP contribution in [0.25, 0.3) is 49.4 Å². The first-order valence-electron chi connectivity index (χ1n) is 15.6. The number of hydrogen-bond acceptors (Lipinski definition) is 2. The van der Waals surface area contributed by atoms with Gasteiger partial charge in [0, 0.05) is 22.1 Å². The number of hydrogen-bond donors (Lipinski definition) is 2. The Labute approximate surface area is 262 Å². The molecule has 3 heteroatoms. The predicted octanol–water partition coefficient (Wildman–Crippen LogP) is 10.4. The molecule has 8 aromatic rings. The molecule has 0 fully saturated rings. The monoisotopic (exact) mass is 577 g/mol. The highest BCUT2D eigenvalue weighted by atomic mass is 15.2. The standard InChI is InChI=1S/C42H31N3/c1-2-13-32(14-3-1)45-39-20-9-7-16-35(39)37-27-31(25-26-40(37)45)42-43-38-19-8-6-17-36(38)41(44-42)30-23-21-29(22-24-30)34-18-10-12-28-11-4-5-15-33(28)34/h1-27,41-44H. The maximum Gasteiger partial charge on any atom is 0.104 e. The van der Waals surface area contributed by atoms with Gasteiger partial charge < -0.3 is 9.88 Å². The van der Waals surface area contributed by atoms with Gasteiger partial charge in [0.15, 0.2) is 0 Å². The molecule has 2 atom stereocenters. The molecule has 9 rings (SSSR count). The first-order valence-corrected chi connectivity index (χ1v) is 15.6. The van der Waals surface area contributed by atoms with E-state index in [1.54, 1.807) is 0 Å². The molecule has 0 amide bonds. The van der Waals surface area contributed by atoms with E-state index >= 15 is 0 Å². The molecule has 0 aliphatic carbocycles. The summed E-state index contributed by atoms with van der Waals surface area (Å²) in [6.07, 6.45) is -0.0501. The summed E-state index contributed by atoms with van der Waals surface area (Å²) in [5, 5.41) is 12.8. The van der Waals surface area contributed by atoms with Gasteiger partial charge in [-0.15, -0.1) is 0 Å². The van der Waals surface area contributed by atoms with Crippen LogP contribution in [0.2, 0.25) is 0 Å². The summed E-state index contributed by atoms with van der Waals surface area (Å²) >= 11 is 0. The molecule has 0 saturated heterocycles. The third kappa shape index (κ3) is 4.32. The van der Waals surface area contributed by atoms with Crippen LogP contribution < -0.4 is 10.6 Å². The van der Waals surface area contributed by atoms with Crippen LogP contribution in [0.3, 0.4) is 0 Å². The van der Waals surface area contributed by atoms with Crippen LogP contribution in [0.4, 0.5) is 5.69 Å². The zero-order valence-corrected chi connectivity index (χ0v) is 24.7. The van der Waals surface area contributed by atoms with Gasteiger partial charge in [-0.25, -0.2) is 0 Å². The minimum Gasteiger partial charge on any atom is -0.366 e. The van der Waals surface area contributed by atoms with Crippen molar-refractivity contribution in [2.24, 2.45) is 0 Å². The van der Waals surface area contributed by atoms with Crippen molar-refractivity contribution in [1.29, 1.82) is 0 Å². The summed E-state index contributed by atoms with van der Waals surface area (Å²) in [5.74, 6) is 0. The van der Waals surface area contributed by atoms with Gasteiger partial charge in [-0.3, -0.25) is 5.32 Å². The summed E-state index contributed by atoms with van der Waals surface area (Å²) in [4.78, 5) is 0. The quantitative estimate of drug-likeness (QED) is 0.218. The fourth-order valence-corrected chi connectivity index (χ4v) is 7.15. The predicted molar refractivity (Wildman–Crippen MR) is 188 cm³/mol. The topological polar surface area (TPSA) is 29.0 Å². The summed E-state index contributed by atoms with van der Waals surface area (Å²) in [7, 11) is 0. The highest BCUT2D eigenvalue weighted by Crippen LogP contribution is 2.39. The number of nitrogens with one attached hydrogen (secondary N) is 2. The van der Waals surface area contributed by atoms with Gasteiger partial charge in [0.25, 0.3) is 0 Å². The van der Waals surface area contributed by atoms with Crippen LogP contribution in [-0.2, 0) is 0 Å². The van der Waals surface area contributed by atoms with E-state index in [2.05, 4.69) is 179 Å². The number of rotatable bonds is 4. The largest absolute Gasteiger partial charge is 0.366 e. The van der Waals surface area contributed by atoms with Gasteiger partial charge in [-0.05, 0) is 75.0 Å². The molecule has 1 aliphatic rings. The molecule has 3 nitrogen and oxygen atoms in total. The van der Waals surface area contributed by atoms with Crippen LogP contribution in [-0.4, -0.2) is 4.57 Å². The molecule has 214 valence electrons. The molecule has 2 heterocycles. The van der Waals surface area contributed by atoms with E-state index < -0.39 is 0 Å². The lowest BCUT2D eigenvalue weighted by molar-refractivity contribution is 0.506. The average Bonchev–Trinajstić information content (AvgIpc) is 3.45. The molecule has 45 heavy (non-hydrogen) atoms. The second-order valence-electron chi connectivity index (χ2n) is 11.9. The van der Waals surface area contributed by atoms with Crippen molar-refractivity contribution in [3.63, 3.8) is 0 Å². The summed E-state index contributed by atoms with van der Waals surface area (Å²) < 4.78 is 2.37. The molecule has 0 saturated carbocycles. The zero-order chi connectivity index (χ0) is 29.7. The smallest absolute Gasteiger partial charge is 0.104 e. The van der Waals surface area contributed by atoms with E-state index in [-0.39, 0.29) is 12.2 Å². The molecule has 0 bridgehead atoms. The number of nitrogens with zero attached hydrogens (tertiary/aromatic N) is 1. The van der Waals surface area contributed by atoms with Crippen LogP contribution in [0.15, 0.2) is 164 Å².